The molecular weight excluding hydrogens is 315 g/mol. The van der Waals surface area contributed by atoms with E-state index in [1.54, 1.807) is 0 Å². The molecule has 0 saturated carbocycles. The van der Waals surface area contributed by atoms with Gasteiger partial charge in [0.05, 0.1) is 6.61 Å². The monoisotopic (exact) mass is 346 g/mol. The molecule has 0 aliphatic rings. The minimum absolute atomic E-state index is 0. The predicted molar refractivity (Wildman–Crippen MR) is 84.8 cm³/mol. The van der Waals surface area contributed by atoms with Crippen molar-refractivity contribution in [1.82, 2.24) is 0 Å². The van der Waals surface area contributed by atoms with Gasteiger partial charge in [-0.1, -0.05) is 70.8 Å². The van der Waals surface area contributed by atoms with E-state index in [0.717, 1.165) is 6.42 Å². The van der Waals surface area contributed by atoms with E-state index in [1.165, 1.54) is 63.9 Å². The first kappa shape index (κ1) is 27.4. The maximum absolute atomic E-state index is 9.56. The molecule has 0 spiro atoms. The third-order valence-electron chi connectivity index (χ3n) is 2.84. The van der Waals surface area contributed by atoms with Crippen LogP contribution in [0, 0.1) is 0 Å². The van der Waals surface area contributed by atoms with E-state index in [4.69, 9.17) is 5.11 Å². The Morgan fingerprint density at radius 1 is 1.00 bits per heavy atom. The zero-order valence-corrected chi connectivity index (χ0v) is 17.1. The van der Waals surface area contributed by atoms with Gasteiger partial charge in [0.1, 0.15) is 0 Å². The van der Waals surface area contributed by atoms with Crippen LogP contribution in [0.2, 0.25) is 0 Å². The predicted octanol–water partition coefficient (Wildman–Crippen LogP) is 0.553. The van der Waals surface area contributed by atoms with Crippen molar-refractivity contribution in [3.63, 3.8) is 0 Å². The number of hydrogen-bond donors (Lipinski definition) is 1. The van der Waals surface area contributed by atoms with Gasteiger partial charge < -0.3 is 9.66 Å². The Balaban J connectivity index is -0.000000348. The molecule has 0 bridgehead atoms. The second-order valence-corrected chi connectivity index (χ2v) is 5.94. The van der Waals surface area contributed by atoms with Crippen LogP contribution in [0.4, 0.5) is 0 Å². The smallest absolute Gasteiger partial charge is 0.726 e. The van der Waals surface area contributed by atoms with Crippen molar-refractivity contribution in [3.8, 4) is 0 Å². The Morgan fingerprint density at radius 3 is 1.68 bits per heavy atom. The SMILES string of the molecule is C=CCOS(=O)(=O)[O-].CCCCCCCCCCCCO.[Na+]. The summed E-state index contributed by atoms with van der Waals surface area (Å²) in [6.07, 6.45) is 14.5. The second kappa shape index (κ2) is 21.6. The molecule has 0 aromatic rings. The molecule has 22 heavy (non-hydrogen) atoms. The number of aliphatic hydroxyl groups is 1. The molecule has 0 aliphatic carbocycles. The summed E-state index contributed by atoms with van der Waals surface area (Å²) in [5.74, 6) is 0. The molecular formula is C15H31NaO5S. The van der Waals surface area contributed by atoms with E-state index in [-0.39, 0.29) is 36.2 Å². The van der Waals surface area contributed by atoms with Gasteiger partial charge in [-0.25, -0.2) is 8.42 Å². The Morgan fingerprint density at radius 2 is 1.41 bits per heavy atom. The molecule has 0 radical (unpaired) electrons. The number of unbranched alkanes of at least 4 members (excludes halogenated alkanes) is 9. The fraction of sp³-hybridized carbons (Fsp3) is 0.867. The Labute approximate surface area is 158 Å². The maximum atomic E-state index is 9.56. The molecule has 128 valence electrons. The van der Waals surface area contributed by atoms with Gasteiger partial charge in [0, 0.05) is 6.61 Å². The van der Waals surface area contributed by atoms with Crippen molar-refractivity contribution in [2.75, 3.05) is 13.2 Å². The topological polar surface area (TPSA) is 86.7 Å². The summed E-state index contributed by atoms with van der Waals surface area (Å²) < 4.78 is 32.4. The first-order valence-corrected chi connectivity index (χ1v) is 9.13. The van der Waals surface area contributed by atoms with Crippen molar-refractivity contribution in [1.29, 1.82) is 0 Å². The third kappa shape index (κ3) is 32.5. The quantitative estimate of drug-likeness (QED) is 0.173. The van der Waals surface area contributed by atoms with Gasteiger partial charge in [-0.15, -0.1) is 6.58 Å². The van der Waals surface area contributed by atoms with Crippen LogP contribution in [0.25, 0.3) is 0 Å². The van der Waals surface area contributed by atoms with E-state index in [0.29, 0.717) is 6.61 Å². The summed E-state index contributed by atoms with van der Waals surface area (Å²) in [7, 11) is -4.51. The Hall–Kier alpha value is 0.570. The fourth-order valence-corrected chi connectivity index (χ4v) is 1.99. The van der Waals surface area contributed by atoms with Gasteiger partial charge in [-0.2, -0.15) is 0 Å². The Bertz CT molecular complexity index is 297. The van der Waals surface area contributed by atoms with E-state index in [9.17, 15) is 13.0 Å². The van der Waals surface area contributed by atoms with Crippen LogP contribution in [-0.4, -0.2) is 31.3 Å². The van der Waals surface area contributed by atoms with Crippen molar-refractivity contribution < 1.29 is 51.8 Å². The third-order valence-corrected chi connectivity index (χ3v) is 3.27. The van der Waals surface area contributed by atoms with Crippen LogP contribution in [0.5, 0.6) is 0 Å². The molecule has 0 fully saturated rings. The molecule has 7 heteroatoms. The molecule has 0 aromatic heterocycles. The maximum Gasteiger partial charge on any atom is 1.00 e. The average molecular weight is 346 g/mol. The van der Waals surface area contributed by atoms with Crippen LogP contribution < -0.4 is 29.6 Å². The molecule has 0 amide bonds. The summed E-state index contributed by atoms with van der Waals surface area (Å²) in [5.41, 5.74) is 0. The summed E-state index contributed by atoms with van der Waals surface area (Å²) >= 11 is 0. The largest absolute Gasteiger partial charge is 1.00 e. The fourth-order valence-electron chi connectivity index (χ4n) is 1.73. The van der Waals surface area contributed by atoms with E-state index >= 15 is 0 Å². The summed E-state index contributed by atoms with van der Waals surface area (Å²) in [5, 5.41) is 8.57. The zero-order valence-electron chi connectivity index (χ0n) is 14.3. The van der Waals surface area contributed by atoms with Crippen LogP contribution in [0.1, 0.15) is 71.1 Å². The minimum atomic E-state index is -4.51. The van der Waals surface area contributed by atoms with Gasteiger partial charge in [-0.3, -0.25) is 4.18 Å². The molecule has 0 heterocycles. The molecule has 0 aromatic carbocycles. The number of hydrogen-bond acceptors (Lipinski definition) is 5. The Kier molecular flexibility index (Phi) is 26.9. The number of aliphatic hydroxyl groups excluding tert-OH is 1. The van der Waals surface area contributed by atoms with Gasteiger partial charge in [0.25, 0.3) is 0 Å². The molecule has 0 saturated heterocycles. The second-order valence-electron chi connectivity index (χ2n) is 4.89. The molecule has 0 atom stereocenters. The first-order valence-electron chi connectivity index (χ1n) is 7.80. The molecule has 1 N–H and O–H groups in total. The first-order chi connectivity index (χ1) is 9.97. The average Bonchev–Trinajstić information content (AvgIpc) is 2.43. The van der Waals surface area contributed by atoms with Gasteiger partial charge in [-0.05, 0) is 6.42 Å². The van der Waals surface area contributed by atoms with Crippen LogP contribution in [0.3, 0.4) is 0 Å². The van der Waals surface area contributed by atoms with Crippen molar-refractivity contribution in [2.24, 2.45) is 0 Å². The molecule has 5 nitrogen and oxygen atoms in total. The zero-order chi connectivity index (χ0) is 16.4. The molecule has 0 aliphatic heterocycles. The summed E-state index contributed by atoms with van der Waals surface area (Å²) in [6.45, 7) is 5.51. The van der Waals surface area contributed by atoms with E-state index in [1.807, 2.05) is 0 Å². The standard InChI is InChI=1S/C12H26O.C3H6O4S.Na/c1-2-3-4-5-6-7-8-9-10-11-12-13;1-2-3-7-8(4,5)6;/h13H,2-12H2,1H3;2H,1,3H2,(H,4,5,6);/q;;+1/p-1. The van der Waals surface area contributed by atoms with Gasteiger partial charge in [0.15, 0.2) is 0 Å². The van der Waals surface area contributed by atoms with Crippen molar-refractivity contribution in [3.05, 3.63) is 12.7 Å². The molecule has 0 rings (SSSR count). The van der Waals surface area contributed by atoms with E-state index < -0.39 is 10.4 Å². The van der Waals surface area contributed by atoms with Crippen LogP contribution in [0.15, 0.2) is 12.7 Å². The van der Waals surface area contributed by atoms with Crippen molar-refractivity contribution in [2.45, 2.75) is 71.1 Å². The van der Waals surface area contributed by atoms with Crippen molar-refractivity contribution >= 4 is 10.4 Å². The van der Waals surface area contributed by atoms with Crippen LogP contribution in [-0.2, 0) is 14.6 Å². The van der Waals surface area contributed by atoms with Gasteiger partial charge in [0.2, 0.25) is 10.4 Å². The minimum Gasteiger partial charge on any atom is -0.726 e. The van der Waals surface area contributed by atoms with Crippen LogP contribution >= 0.6 is 0 Å². The van der Waals surface area contributed by atoms with Gasteiger partial charge >= 0.3 is 29.6 Å². The molecule has 0 unspecified atom stereocenters. The summed E-state index contributed by atoms with van der Waals surface area (Å²) in [6, 6.07) is 0. The number of rotatable bonds is 13. The normalized spacial score (nSPS) is 10.3. The van der Waals surface area contributed by atoms with E-state index in [2.05, 4.69) is 17.7 Å². The summed E-state index contributed by atoms with van der Waals surface area (Å²) in [4.78, 5) is 0.